The van der Waals surface area contributed by atoms with E-state index in [4.69, 9.17) is 0 Å². The Kier molecular flexibility index (Phi) is 4.16. The summed E-state index contributed by atoms with van der Waals surface area (Å²) < 4.78 is 2.41. The van der Waals surface area contributed by atoms with Crippen LogP contribution in [0.3, 0.4) is 0 Å². The Hall–Kier alpha value is -1.88. The van der Waals surface area contributed by atoms with Crippen LogP contribution in [-0.2, 0) is 18.3 Å². The minimum atomic E-state index is -0.110. The molecule has 0 aliphatic heterocycles. The molecule has 0 bridgehead atoms. The molecule has 0 fully saturated rings. The van der Waals surface area contributed by atoms with Gasteiger partial charge in [0.15, 0.2) is 0 Å². The van der Waals surface area contributed by atoms with Crippen LogP contribution in [0.1, 0.15) is 5.56 Å². The number of carbonyl (C=O) groups is 1. The maximum Gasteiger partial charge on any atom is 0.250 e. The Balaban J connectivity index is 2.03. The zero-order chi connectivity index (χ0) is 13.8. The molecule has 0 aliphatic rings. The third-order valence-corrected chi connectivity index (χ3v) is 3.18. The van der Waals surface area contributed by atoms with Gasteiger partial charge in [-0.1, -0.05) is 28.1 Å². The fraction of sp³-hybridized carbons (Fsp3) is 0.143. The van der Waals surface area contributed by atoms with Crippen molar-refractivity contribution in [2.45, 2.75) is 6.42 Å². The maximum atomic E-state index is 11.9. The molecule has 1 heterocycles. The predicted molar refractivity (Wildman–Crippen MR) is 78.2 cm³/mol. The highest BCUT2D eigenvalue weighted by atomic mass is 79.9. The van der Waals surface area contributed by atoms with E-state index in [1.165, 1.54) is 10.6 Å². The summed E-state index contributed by atoms with van der Waals surface area (Å²) in [7, 11) is 1.65. The van der Waals surface area contributed by atoms with E-state index in [0.29, 0.717) is 12.1 Å². The summed E-state index contributed by atoms with van der Waals surface area (Å²) in [5, 5.41) is 2.76. The second-order valence-corrected chi connectivity index (χ2v) is 5.13. The van der Waals surface area contributed by atoms with Gasteiger partial charge in [0.1, 0.15) is 0 Å². The molecule has 98 valence electrons. The van der Waals surface area contributed by atoms with E-state index in [1.807, 2.05) is 24.3 Å². The van der Waals surface area contributed by atoms with Gasteiger partial charge in [-0.15, -0.1) is 0 Å². The Bertz CT molecular complexity index is 647. The van der Waals surface area contributed by atoms with Gasteiger partial charge in [-0.25, -0.2) is 0 Å². The molecule has 19 heavy (non-hydrogen) atoms. The number of carbonyl (C=O) groups excluding carboxylic acids is 1. The molecule has 0 saturated heterocycles. The minimum absolute atomic E-state index is 0.106. The summed E-state index contributed by atoms with van der Waals surface area (Å²) in [6.45, 7) is 0. The zero-order valence-electron chi connectivity index (χ0n) is 10.4. The van der Waals surface area contributed by atoms with Crippen molar-refractivity contribution in [2.24, 2.45) is 7.05 Å². The van der Waals surface area contributed by atoms with E-state index >= 15 is 0 Å². The zero-order valence-corrected chi connectivity index (χ0v) is 12.0. The van der Waals surface area contributed by atoms with Gasteiger partial charge in [-0.3, -0.25) is 9.59 Å². The number of aryl methyl sites for hydroxylation is 1. The third-order valence-electron chi connectivity index (χ3n) is 2.65. The van der Waals surface area contributed by atoms with Gasteiger partial charge < -0.3 is 9.88 Å². The van der Waals surface area contributed by atoms with Gasteiger partial charge in [0.2, 0.25) is 11.5 Å². The molecule has 0 saturated carbocycles. The molecule has 1 aromatic heterocycles. The number of amides is 1. The highest BCUT2D eigenvalue weighted by molar-refractivity contribution is 9.10. The Morgan fingerprint density at radius 3 is 2.53 bits per heavy atom. The predicted octanol–water partition coefficient (Wildman–Crippen LogP) is 2.33. The summed E-state index contributed by atoms with van der Waals surface area (Å²) in [6.07, 6.45) is 1.90. The normalized spacial score (nSPS) is 10.2. The maximum absolute atomic E-state index is 11.9. The van der Waals surface area contributed by atoms with E-state index in [2.05, 4.69) is 21.2 Å². The van der Waals surface area contributed by atoms with Crippen molar-refractivity contribution < 1.29 is 4.79 Å². The quantitative estimate of drug-likeness (QED) is 0.943. The highest BCUT2D eigenvalue weighted by Gasteiger charge is 2.04. The van der Waals surface area contributed by atoms with Crippen molar-refractivity contribution in [1.29, 1.82) is 0 Å². The summed E-state index contributed by atoms with van der Waals surface area (Å²) in [5.74, 6) is -0.110. The average Bonchev–Trinajstić information content (AvgIpc) is 2.37. The van der Waals surface area contributed by atoms with Gasteiger partial charge in [0.25, 0.3) is 0 Å². The van der Waals surface area contributed by atoms with E-state index in [-0.39, 0.29) is 11.5 Å². The smallest absolute Gasteiger partial charge is 0.250 e. The van der Waals surface area contributed by atoms with Crippen molar-refractivity contribution in [1.82, 2.24) is 4.57 Å². The topological polar surface area (TPSA) is 51.1 Å². The van der Waals surface area contributed by atoms with Crippen molar-refractivity contribution in [2.75, 3.05) is 5.32 Å². The fourth-order valence-corrected chi connectivity index (χ4v) is 1.93. The standard InChI is InChI=1S/C14H13BrN2O2/c1-17-9-12(6-7-14(17)19)16-13(18)8-10-2-4-11(15)5-3-10/h2-7,9H,8H2,1H3,(H,16,18). The minimum Gasteiger partial charge on any atom is -0.324 e. The number of nitrogens with zero attached hydrogens (tertiary/aromatic N) is 1. The Labute approximate surface area is 119 Å². The molecule has 0 spiro atoms. The lowest BCUT2D eigenvalue weighted by atomic mass is 10.1. The number of halogens is 1. The van der Waals surface area contributed by atoms with Crippen LogP contribution >= 0.6 is 15.9 Å². The first-order chi connectivity index (χ1) is 9.04. The van der Waals surface area contributed by atoms with Crippen LogP contribution < -0.4 is 10.9 Å². The van der Waals surface area contributed by atoms with Crippen LogP contribution in [0, 0.1) is 0 Å². The molecule has 1 aromatic carbocycles. The lowest BCUT2D eigenvalue weighted by Gasteiger charge is -2.06. The number of nitrogens with one attached hydrogen (secondary N) is 1. The van der Waals surface area contributed by atoms with Crippen molar-refractivity contribution in [3.8, 4) is 0 Å². The number of hydrogen-bond acceptors (Lipinski definition) is 2. The lowest BCUT2D eigenvalue weighted by molar-refractivity contribution is -0.115. The average molecular weight is 321 g/mol. The number of hydrogen-bond donors (Lipinski definition) is 1. The van der Waals surface area contributed by atoms with E-state index < -0.39 is 0 Å². The number of rotatable bonds is 3. The summed E-state index contributed by atoms with van der Waals surface area (Å²) in [5.41, 5.74) is 1.45. The van der Waals surface area contributed by atoms with Crippen molar-refractivity contribution in [3.63, 3.8) is 0 Å². The second kappa shape index (κ2) is 5.84. The number of aromatic nitrogens is 1. The van der Waals surface area contributed by atoms with Gasteiger partial charge in [-0.2, -0.15) is 0 Å². The number of benzene rings is 1. The lowest BCUT2D eigenvalue weighted by Crippen LogP contribution is -2.19. The molecule has 2 rings (SSSR count). The molecule has 2 aromatic rings. The first kappa shape index (κ1) is 13.5. The summed E-state index contributed by atoms with van der Waals surface area (Å²) >= 11 is 3.35. The number of anilines is 1. The van der Waals surface area contributed by atoms with Crippen LogP contribution in [0.2, 0.25) is 0 Å². The molecule has 0 radical (unpaired) electrons. The third kappa shape index (κ3) is 3.79. The molecule has 0 aliphatic carbocycles. The molecule has 1 N–H and O–H groups in total. The van der Waals surface area contributed by atoms with Crippen LogP contribution in [0.15, 0.2) is 51.9 Å². The van der Waals surface area contributed by atoms with Crippen molar-refractivity contribution >= 4 is 27.5 Å². The van der Waals surface area contributed by atoms with Crippen LogP contribution in [-0.4, -0.2) is 10.5 Å². The fourth-order valence-electron chi connectivity index (χ4n) is 1.66. The highest BCUT2D eigenvalue weighted by Crippen LogP contribution is 2.11. The van der Waals surface area contributed by atoms with Gasteiger partial charge >= 0.3 is 0 Å². The van der Waals surface area contributed by atoms with Gasteiger partial charge in [0, 0.05) is 23.8 Å². The van der Waals surface area contributed by atoms with Gasteiger partial charge in [0.05, 0.1) is 12.1 Å². The second-order valence-electron chi connectivity index (χ2n) is 4.22. The molecule has 0 atom stereocenters. The molecule has 1 amide bonds. The summed E-state index contributed by atoms with van der Waals surface area (Å²) in [6, 6.07) is 10.6. The van der Waals surface area contributed by atoms with E-state index in [9.17, 15) is 9.59 Å². The molecular formula is C14H13BrN2O2. The van der Waals surface area contributed by atoms with Crippen LogP contribution in [0.4, 0.5) is 5.69 Å². The molecular weight excluding hydrogens is 308 g/mol. The van der Waals surface area contributed by atoms with E-state index in [1.54, 1.807) is 19.3 Å². The van der Waals surface area contributed by atoms with Crippen molar-refractivity contribution in [3.05, 3.63) is 63.0 Å². The molecule has 4 nitrogen and oxygen atoms in total. The molecule has 0 unspecified atom stereocenters. The molecule has 5 heteroatoms. The van der Waals surface area contributed by atoms with Crippen LogP contribution in [0.5, 0.6) is 0 Å². The van der Waals surface area contributed by atoms with Crippen LogP contribution in [0.25, 0.3) is 0 Å². The first-order valence-electron chi connectivity index (χ1n) is 5.75. The first-order valence-corrected chi connectivity index (χ1v) is 6.55. The van der Waals surface area contributed by atoms with Gasteiger partial charge in [-0.05, 0) is 23.8 Å². The van der Waals surface area contributed by atoms with E-state index in [0.717, 1.165) is 10.0 Å². The summed E-state index contributed by atoms with van der Waals surface area (Å²) in [4.78, 5) is 23.1. The largest absolute Gasteiger partial charge is 0.324 e. The monoisotopic (exact) mass is 320 g/mol. The Morgan fingerprint density at radius 2 is 1.89 bits per heavy atom. The Morgan fingerprint density at radius 1 is 1.21 bits per heavy atom. The SMILES string of the molecule is Cn1cc(NC(=O)Cc2ccc(Br)cc2)ccc1=O. The number of pyridine rings is 1.